The first-order chi connectivity index (χ1) is 11.6. The van der Waals surface area contributed by atoms with E-state index in [0.29, 0.717) is 17.9 Å². The summed E-state index contributed by atoms with van der Waals surface area (Å²) in [7, 11) is 0. The van der Waals surface area contributed by atoms with E-state index >= 15 is 0 Å². The van der Waals surface area contributed by atoms with E-state index in [4.69, 9.17) is 5.73 Å². The Morgan fingerprint density at radius 2 is 1.75 bits per heavy atom. The number of rotatable bonds is 5. The summed E-state index contributed by atoms with van der Waals surface area (Å²) in [6.45, 7) is 1.18. The molecule has 3 heteroatoms. The molecule has 1 amide bonds. The fourth-order valence-electron chi connectivity index (χ4n) is 6.52. The highest BCUT2D eigenvalue weighted by molar-refractivity contribution is 5.82. The molecular formula is C21H28N2O. The summed E-state index contributed by atoms with van der Waals surface area (Å²) >= 11 is 0. The zero-order valence-corrected chi connectivity index (χ0v) is 14.3. The van der Waals surface area contributed by atoms with Gasteiger partial charge in [-0.25, -0.2) is 0 Å². The van der Waals surface area contributed by atoms with E-state index < -0.39 is 0 Å². The number of carbonyl (C=O) groups excluding carboxylic acids is 1. The van der Waals surface area contributed by atoms with Gasteiger partial charge in [0.2, 0.25) is 5.91 Å². The molecule has 1 aromatic carbocycles. The number of benzene rings is 1. The number of amides is 1. The van der Waals surface area contributed by atoms with Crippen LogP contribution in [0.15, 0.2) is 30.3 Å². The quantitative estimate of drug-likeness (QED) is 0.875. The number of hydrogen-bond acceptors (Lipinski definition) is 2. The van der Waals surface area contributed by atoms with Gasteiger partial charge in [-0.3, -0.25) is 4.79 Å². The zero-order chi connectivity index (χ0) is 16.4. The van der Waals surface area contributed by atoms with Crippen molar-refractivity contribution in [1.29, 1.82) is 0 Å². The van der Waals surface area contributed by atoms with Crippen molar-refractivity contribution >= 4 is 5.91 Å². The molecule has 0 aromatic heterocycles. The summed E-state index contributed by atoms with van der Waals surface area (Å²) in [4.78, 5) is 12.4. The molecule has 5 aliphatic carbocycles. The smallest absolute Gasteiger partial charge is 0.223 e. The summed E-state index contributed by atoms with van der Waals surface area (Å²) in [5, 5.41) is 3.90. The Morgan fingerprint density at radius 3 is 2.33 bits per heavy atom. The maximum absolute atomic E-state index is 12.4. The molecule has 2 atom stereocenters. The number of carbonyl (C=O) groups is 1. The normalized spacial score (nSPS) is 43.1. The van der Waals surface area contributed by atoms with Crippen molar-refractivity contribution in [2.24, 2.45) is 28.9 Å². The molecule has 5 aliphatic rings. The third-order valence-corrected chi connectivity index (χ3v) is 7.55. The fraction of sp³-hybridized carbons (Fsp3) is 0.667. The Hall–Kier alpha value is -1.35. The highest BCUT2D eigenvalue weighted by Crippen LogP contribution is 2.65. The van der Waals surface area contributed by atoms with Crippen LogP contribution in [0.5, 0.6) is 0 Å². The van der Waals surface area contributed by atoms with Gasteiger partial charge in [-0.1, -0.05) is 30.3 Å². The summed E-state index contributed by atoms with van der Waals surface area (Å²) < 4.78 is 0. The first-order valence-electron chi connectivity index (χ1n) is 9.69. The van der Waals surface area contributed by atoms with E-state index in [0.717, 1.165) is 25.2 Å². The third-order valence-electron chi connectivity index (χ3n) is 7.55. The second-order valence-electron chi connectivity index (χ2n) is 9.18. The monoisotopic (exact) mass is 324 g/mol. The van der Waals surface area contributed by atoms with Crippen molar-refractivity contribution in [1.82, 2.24) is 5.32 Å². The van der Waals surface area contributed by atoms with Crippen molar-refractivity contribution < 1.29 is 4.79 Å². The molecule has 3 nitrogen and oxygen atoms in total. The molecule has 1 aromatic rings. The van der Waals surface area contributed by atoms with Crippen LogP contribution in [-0.4, -0.2) is 18.5 Å². The Kier molecular flexibility index (Phi) is 3.16. The average molecular weight is 324 g/mol. The van der Waals surface area contributed by atoms with Crippen molar-refractivity contribution in [2.45, 2.75) is 56.4 Å². The number of nitrogens with one attached hydrogen (secondary N) is 1. The molecule has 24 heavy (non-hydrogen) atoms. The van der Waals surface area contributed by atoms with E-state index in [2.05, 4.69) is 35.6 Å². The van der Waals surface area contributed by atoms with Crippen LogP contribution >= 0.6 is 0 Å². The first-order valence-corrected chi connectivity index (χ1v) is 9.69. The van der Waals surface area contributed by atoms with E-state index in [-0.39, 0.29) is 16.7 Å². The third kappa shape index (κ3) is 2.17. The average Bonchev–Trinajstić information content (AvgIpc) is 3.39. The topological polar surface area (TPSA) is 55.1 Å². The summed E-state index contributed by atoms with van der Waals surface area (Å²) in [6.07, 6.45) is 8.24. The molecular weight excluding hydrogens is 296 g/mol. The zero-order valence-electron chi connectivity index (χ0n) is 14.3. The van der Waals surface area contributed by atoms with Crippen LogP contribution < -0.4 is 11.1 Å². The molecule has 128 valence electrons. The number of hydrogen-bond donors (Lipinski definition) is 2. The fourth-order valence-corrected chi connectivity index (χ4v) is 6.52. The van der Waals surface area contributed by atoms with Gasteiger partial charge in [-0.05, 0) is 80.2 Å². The summed E-state index contributed by atoms with van der Waals surface area (Å²) in [5.74, 6) is 2.09. The highest BCUT2D eigenvalue weighted by Gasteiger charge is 2.63. The first kappa shape index (κ1) is 14.9. The van der Waals surface area contributed by atoms with E-state index in [1.54, 1.807) is 0 Å². The molecule has 5 fully saturated rings. The Bertz CT molecular complexity index is 635. The standard InChI is InChI=1S/C21H28N2O/c22-19(24)21-10-15-8-20(13-21,17-4-2-1-3-5-17)9-16(11-21)18(15)23-12-14-6-7-14/h1-5,14-16,18,23H,6-13H2,(H2,22,24). The Morgan fingerprint density at radius 1 is 1.08 bits per heavy atom. The minimum atomic E-state index is -0.251. The lowest BCUT2D eigenvalue weighted by Gasteiger charge is -2.64. The van der Waals surface area contributed by atoms with Gasteiger partial charge in [0.1, 0.15) is 0 Å². The van der Waals surface area contributed by atoms with Crippen LogP contribution in [0.4, 0.5) is 0 Å². The van der Waals surface area contributed by atoms with Gasteiger partial charge in [0.05, 0.1) is 5.41 Å². The molecule has 0 aliphatic heterocycles. The largest absolute Gasteiger partial charge is 0.369 e. The van der Waals surface area contributed by atoms with Gasteiger partial charge in [-0.15, -0.1) is 0 Å². The van der Waals surface area contributed by atoms with Crippen molar-refractivity contribution in [2.75, 3.05) is 6.54 Å². The van der Waals surface area contributed by atoms with Gasteiger partial charge in [0.15, 0.2) is 0 Å². The van der Waals surface area contributed by atoms with Crippen LogP contribution in [-0.2, 0) is 10.2 Å². The molecule has 4 bridgehead atoms. The van der Waals surface area contributed by atoms with E-state index in [9.17, 15) is 4.79 Å². The van der Waals surface area contributed by atoms with Crippen LogP contribution in [0.25, 0.3) is 0 Å². The van der Waals surface area contributed by atoms with Crippen molar-refractivity contribution in [3.8, 4) is 0 Å². The summed E-state index contributed by atoms with van der Waals surface area (Å²) in [6, 6.07) is 11.5. The van der Waals surface area contributed by atoms with Crippen LogP contribution in [0, 0.1) is 23.2 Å². The van der Waals surface area contributed by atoms with E-state index in [1.807, 2.05) is 0 Å². The van der Waals surface area contributed by atoms with Crippen molar-refractivity contribution in [3.63, 3.8) is 0 Å². The Balaban J connectivity index is 1.48. The van der Waals surface area contributed by atoms with Gasteiger partial charge >= 0.3 is 0 Å². The molecule has 0 radical (unpaired) electrons. The van der Waals surface area contributed by atoms with Gasteiger partial charge in [0, 0.05) is 6.04 Å². The molecule has 3 N–H and O–H groups in total. The van der Waals surface area contributed by atoms with Crippen LogP contribution in [0.3, 0.4) is 0 Å². The van der Waals surface area contributed by atoms with Crippen LogP contribution in [0.1, 0.15) is 50.5 Å². The molecule has 2 unspecified atom stereocenters. The summed E-state index contributed by atoms with van der Waals surface area (Å²) in [5.41, 5.74) is 7.31. The Labute approximate surface area is 144 Å². The van der Waals surface area contributed by atoms with E-state index in [1.165, 1.54) is 37.8 Å². The van der Waals surface area contributed by atoms with Gasteiger partial charge in [0.25, 0.3) is 0 Å². The van der Waals surface area contributed by atoms with Crippen LogP contribution in [0.2, 0.25) is 0 Å². The van der Waals surface area contributed by atoms with Gasteiger partial charge < -0.3 is 11.1 Å². The van der Waals surface area contributed by atoms with Crippen molar-refractivity contribution in [3.05, 3.63) is 35.9 Å². The maximum Gasteiger partial charge on any atom is 0.223 e. The number of nitrogens with two attached hydrogens (primary N) is 1. The minimum Gasteiger partial charge on any atom is -0.369 e. The molecule has 6 rings (SSSR count). The number of primary amides is 1. The lowest BCUT2D eigenvalue weighted by atomic mass is 9.41. The minimum absolute atomic E-state index is 0.0437. The molecule has 0 spiro atoms. The SMILES string of the molecule is NC(=O)C12CC3CC(c4ccccc4)(CC(C1)C3NCC1CC1)C2. The molecule has 0 saturated heterocycles. The second kappa shape index (κ2) is 5.08. The predicted octanol–water partition coefficient (Wildman–Crippen LogP) is 2.99. The second-order valence-corrected chi connectivity index (χ2v) is 9.18. The lowest BCUT2D eigenvalue weighted by molar-refractivity contribution is -0.149. The highest BCUT2D eigenvalue weighted by atomic mass is 16.1. The molecule has 0 heterocycles. The molecule has 5 saturated carbocycles. The van der Waals surface area contributed by atoms with Gasteiger partial charge in [-0.2, -0.15) is 0 Å². The predicted molar refractivity (Wildman–Crippen MR) is 94.3 cm³/mol. The maximum atomic E-state index is 12.4. The lowest BCUT2D eigenvalue weighted by Crippen LogP contribution is -2.65.